The average molecular weight is 1900 g/mol. The normalized spacial score (nSPS) is 14.2. The molecule has 3 aliphatic carbocycles. The van der Waals surface area contributed by atoms with Gasteiger partial charge < -0.3 is 0 Å². The third-order valence-corrected chi connectivity index (χ3v) is 39.7. The van der Waals surface area contributed by atoms with E-state index >= 15 is 0 Å². The average Bonchev–Trinajstić information content (AvgIpc) is 1.56. The van der Waals surface area contributed by atoms with Gasteiger partial charge in [-0.2, -0.15) is 0 Å². The lowest BCUT2D eigenvalue weighted by Crippen LogP contribution is -2.52. The van der Waals surface area contributed by atoms with Crippen molar-refractivity contribution in [2.45, 2.75) is 82.7 Å². The first-order chi connectivity index (χ1) is 71.7. The highest BCUT2D eigenvalue weighted by molar-refractivity contribution is 7.21. The summed E-state index contributed by atoms with van der Waals surface area (Å²) >= 11 is 1.78. The molecule has 0 amide bonds. The van der Waals surface area contributed by atoms with Gasteiger partial charge in [0.1, 0.15) is 18.9 Å². The SMILES string of the molecule is CC1(C)c2ccccc2-c2cc(-c3c4ccccc4c(-c4ccc5c(c4)-c4ccccc4[Si]54CCCC4)c4ccc(-c5ccccc5)cc34)ccc21.CC1(C)c2ccccc2-c2cc(-c3c4ccccc4c(-c4nc5ccccc5n4-c4ccccc4)c4ccc(-c5ccccc5)cc34)ccc21.CC1(C)c2ccccc2-c2cc(-c3c4ccccc4c(-c4nc5ccccc5s4)c4ccc(-c5ccccc5)cc34)ccc21. The molecule has 2 aliphatic heterocycles. The van der Waals surface area contributed by atoms with E-state index < -0.39 is 8.07 Å². The van der Waals surface area contributed by atoms with Crippen molar-refractivity contribution < 1.29 is 0 Å². The number of hydrogen-bond acceptors (Lipinski definition) is 3. The van der Waals surface area contributed by atoms with Crippen molar-refractivity contribution in [2.24, 2.45) is 0 Å². The van der Waals surface area contributed by atoms with E-state index in [0.29, 0.717) is 0 Å². The number of para-hydroxylation sites is 4. The number of rotatable bonds is 10. The van der Waals surface area contributed by atoms with Crippen LogP contribution in [0.4, 0.5) is 0 Å². The van der Waals surface area contributed by atoms with E-state index in [9.17, 15) is 0 Å². The number of benzene rings is 23. The molecule has 692 valence electrons. The zero-order valence-electron chi connectivity index (χ0n) is 82.5. The van der Waals surface area contributed by atoms with Crippen molar-refractivity contribution in [1.29, 1.82) is 0 Å². The molecule has 1 saturated heterocycles. The molecule has 0 radical (unpaired) electrons. The lowest BCUT2D eigenvalue weighted by Gasteiger charge is -2.24. The van der Waals surface area contributed by atoms with Crippen molar-refractivity contribution in [3.05, 3.63) is 500 Å². The van der Waals surface area contributed by atoms with Gasteiger partial charge in [-0.25, -0.2) is 9.97 Å². The molecule has 25 aromatic rings. The number of fused-ring (bicyclic) bond motifs is 22. The van der Waals surface area contributed by atoms with Crippen LogP contribution in [0.15, 0.2) is 467 Å². The molecule has 0 bridgehead atoms. The molecule has 3 nitrogen and oxygen atoms in total. The monoisotopic (exact) mass is 1900 g/mol. The lowest BCUT2D eigenvalue weighted by atomic mass is 9.81. The van der Waals surface area contributed by atoms with E-state index in [2.05, 4.69) is 513 Å². The van der Waals surface area contributed by atoms with Crippen LogP contribution in [0.25, 0.3) is 236 Å². The highest BCUT2D eigenvalue weighted by Crippen LogP contribution is 2.58. The molecule has 0 N–H and O–H groups in total. The molecule has 0 atom stereocenters. The van der Waals surface area contributed by atoms with Crippen LogP contribution in [0.5, 0.6) is 0 Å². The Kier molecular flexibility index (Phi) is 20.2. The number of hydrogen-bond donors (Lipinski definition) is 0. The summed E-state index contributed by atoms with van der Waals surface area (Å²) in [4.78, 5) is 10.6. The smallest absolute Gasteiger partial charge is 0.146 e. The second-order valence-electron chi connectivity index (χ2n) is 42.2. The van der Waals surface area contributed by atoms with Gasteiger partial charge in [0.05, 0.1) is 21.3 Å². The van der Waals surface area contributed by atoms with Crippen molar-refractivity contribution in [3.8, 4) is 150 Å². The van der Waals surface area contributed by atoms with Crippen LogP contribution >= 0.6 is 11.3 Å². The predicted octanol–water partition coefficient (Wildman–Crippen LogP) is 37.2. The summed E-state index contributed by atoms with van der Waals surface area (Å²) in [6.45, 7) is 14.1. The van der Waals surface area contributed by atoms with Gasteiger partial charge in [0, 0.05) is 33.1 Å². The summed E-state index contributed by atoms with van der Waals surface area (Å²) < 4.78 is 3.54. The van der Waals surface area contributed by atoms with E-state index in [1.54, 1.807) is 21.7 Å². The van der Waals surface area contributed by atoms with Gasteiger partial charge in [-0.3, -0.25) is 4.57 Å². The van der Waals surface area contributed by atoms with Crippen LogP contribution in [-0.4, -0.2) is 22.6 Å². The number of thiazole rings is 1. The van der Waals surface area contributed by atoms with Gasteiger partial charge in [0.2, 0.25) is 0 Å². The molecule has 146 heavy (non-hydrogen) atoms. The van der Waals surface area contributed by atoms with Gasteiger partial charge in [-0.15, -0.1) is 11.3 Å². The fraction of sp³-hybridized carbons (Fsp3) is 0.0922. The zero-order valence-corrected chi connectivity index (χ0v) is 84.4. The second kappa shape index (κ2) is 33.9. The minimum Gasteiger partial charge on any atom is -0.292 e. The van der Waals surface area contributed by atoms with E-state index in [4.69, 9.17) is 9.97 Å². The number of imidazole rings is 1. The standard InChI is InChI=1S/C51H40Si.C48H34N2.C42H29NS/c1-51(2)45-20-10-8-16-37(45)42-31-35(23-26-46(42)51)50-40-19-7-6-18-39(40)49(41-25-22-34(30-44(41)50)33-14-4-3-5-15-33)36-24-27-48-43(32-36)38-17-9-11-21-47(38)52(48)28-12-13-29-52;1-48(2)41-22-12-11-19-35(41)39-30-33(26-28-42(39)48)45-36-20-9-10-21-37(36)46(38-27-25-32(29-40(38)45)31-15-5-3-6-16-31)47-49-43-23-13-14-24-44(43)50(47)34-17-7-4-8-18-34;1-42(2)35-17-9-8-14-29(35)33-25-28(21-23-36(33)42)39-30-15-6-7-16-31(30)40(41-43-37-18-10-11-19-38(37)44-41)32-22-20-27(24-34(32)39)26-12-4-3-5-13-26/h3-11,14-27,30-32H,12-13,28-29H2,1-2H3;3-30H,1-2H3;3-25H,1-2H3. The summed E-state index contributed by atoms with van der Waals surface area (Å²) in [6.07, 6.45) is 2.74. The minimum atomic E-state index is -1.68. The van der Waals surface area contributed by atoms with Crippen molar-refractivity contribution in [3.63, 3.8) is 0 Å². The molecule has 1 fully saturated rings. The maximum absolute atomic E-state index is 5.39. The first kappa shape index (κ1) is 87.0. The molecule has 2 aromatic heterocycles. The van der Waals surface area contributed by atoms with Gasteiger partial charge in [-0.1, -0.05) is 443 Å². The van der Waals surface area contributed by atoms with Crippen LogP contribution < -0.4 is 10.4 Å². The van der Waals surface area contributed by atoms with Crippen LogP contribution in [0, 0.1) is 0 Å². The molecular weight excluding hydrogens is 1800 g/mol. The quantitative estimate of drug-likeness (QED) is 0.101. The third-order valence-electron chi connectivity index (χ3n) is 33.3. The van der Waals surface area contributed by atoms with Crippen molar-refractivity contribution in [2.75, 3.05) is 0 Å². The molecule has 30 rings (SSSR count). The van der Waals surface area contributed by atoms with E-state index in [-0.39, 0.29) is 16.2 Å². The molecular formula is C141H103N3SSi. The second-order valence-corrected chi connectivity index (χ2v) is 47.5. The van der Waals surface area contributed by atoms with Gasteiger partial charge in [-0.05, 0) is 322 Å². The summed E-state index contributed by atoms with van der Waals surface area (Å²) in [7, 11) is -1.68. The Bertz CT molecular complexity index is 9680. The summed E-state index contributed by atoms with van der Waals surface area (Å²) in [5.41, 5.74) is 43.6. The highest BCUT2D eigenvalue weighted by Gasteiger charge is 2.48. The van der Waals surface area contributed by atoms with Crippen LogP contribution in [0.1, 0.15) is 87.8 Å². The highest BCUT2D eigenvalue weighted by atomic mass is 32.1. The largest absolute Gasteiger partial charge is 0.292 e. The fourth-order valence-electron chi connectivity index (χ4n) is 26.5. The zero-order chi connectivity index (χ0) is 97.4. The fourth-order valence-corrected chi connectivity index (χ4v) is 33.1. The van der Waals surface area contributed by atoms with Crippen LogP contribution in [0.2, 0.25) is 12.1 Å². The van der Waals surface area contributed by atoms with Gasteiger partial charge in [0.15, 0.2) is 0 Å². The van der Waals surface area contributed by atoms with E-state index in [1.165, 1.54) is 256 Å². The predicted molar refractivity (Wildman–Crippen MR) is 623 cm³/mol. The first-order valence-electron chi connectivity index (χ1n) is 51.7. The van der Waals surface area contributed by atoms with E-state index in [0.717, 1.165) is 38.6 Å². The summed E-state index contributed by atoms with van der Waals surface area (Å²) in [5, 5.41) is 19.5. The van der Waals surface area contributed by atoms with E-state index in [1.807, 2.05) is 0 Å². The molecule has 0 unspecified atom stereocenters. The maximum Gasteiger partial charge on any atom is 0.146 e. The Morgan fingerprint density at radius 2 is 0.534 bits per heavy atom. The number of aromatic nitrogens is 3. The Labute approximate surface area is 856 Å². The maximum atomic E-state index is 5.39. The lowest BCUT2D eigenvalue weighted by molar-refractivity contribution is 0.660. The Balaban J connectivity index is 0.000000106. The molecule has 1 spiro atoms. The van der Waals surface area contributed by atoms with Crippen molar-refractivity contribution in [1.82, 2.24) is 14.5 Å². The molecule has 5 aliphatic rings. The van der Waals surface area contributed by atoms with Gasteiger partial charge in [0.25, 0.3) is 0 Å². The topological polar surface area (TPSA) is 30.7 Å². The van der Waals surface area contributed by atoms with Crippen molar-refractivity contribution >= 4 is 116 Å². The Hall–Kier alpha value is -16.8. The number of nitrogens with zero attached hydrogens (tertiary/aromatic N) is 3. The van der Waals surface area contributed by atoms with Crippen LogP contribution in [0.3, 0.4) is 0 Å². The Morgan fingerprint density at radius 3 is 0.986 bits per heavy atom. The summed E-state index contributed by atoms with van der Waals surface area (Å²) in [5.74, 6) is 0.947. The minimum absolute atomic E-state index is 0.0220. The molecule has 0 saturated carbocycles. The molecule has 4 heterocycles. The Morgan fingerprint density at radius 1 is 0.219 bits per heavy atom. The van der Waals surface area contributed by atoms with Crippen LogP contribution in [-0.2, 0) is 16.2 Å². The molecule has 23 aromatic carbocycles. The van der Waals surface area contributed by atoms with Gasteiger partial charge >= 0.3 is 0 Å². The third kappa shape index (κ3) is 13.6. The summed E-state index contributed by atoms with van der Waals surface area (Å²) in [6, 6.07) is 176. The first-order valence-corrected chi connectivity index (χ1v) is 54.9. The molecule has 5 heteroatoms.